The molecule has 0 spiro atoms. The van der Waals surface area contributed by atoms with Gasteiger partial charge in [-0.2, -0.15) is 5.26 Å². The first-order valence-corrected chi connectivity index (χ1v) is 5.81. The number of hydrogen-bond donors (Lipinski definition) is 0. The smallest absolute Gasteiger partial charge is 0.146 e. The number of rotatable bonds is 1. The molecular weight excluding hydrogens is 275 g/mol. The summed E-state index contributed by atoms with van der Waals surface area (Å²) in [6.07, 6.45) is 0. The molecule has 0 fully saturated rings. The molecule has 1 aromatic heterocycles. The number of pyridine rings is 1. The lowest BCUT2D eigenvalue weighted by atomic mass is 10.1. The molecule has 74 valence electrons. The normalized spacial score (nSPS) is 10.2. The van der Waals surface area contributed by atoms with Crippen LogP contribution in [0.3, 0.4) is 0 Å². The summed E-state index contributed by atoms with van der Waals surface area (Å²) in [6, 6.07) is 9.58. The molecule has 0 bridgehead atoms. The fourth-order valence-corrected chi connectivity index (χ4v) is 2.45. The third-order valence-corrected chi connectivity index (χ3v) is 3.16. The Hall–Kier alpha value is -1.11. The van der Waals surface area contributed by atoms with Crippen molar-refractivity contribution in [2.75, 3.05) is 0 Å². The van der Waals surface area contributed by atoms with Crippen molar-refractivity contribution < 1.29 is 0 Å². The maximum Gasteiger partial charge on any atom is 0.146 e. The zero-order chi connectivity index (χ0) is 10.8. The lowest BCUT2D eigenvalue weighted by molar-refractivity contribution is 1.25. The van der Waals surface area contributed by atoms with Gasteiger partial charge in [0, 0.05) is 16.3 Å². The number of para-hydroxylation sites is 1. The van der Waals surface area contributed by atoms with Crippen LogP contribution in [0.15, 0.2) is 24.3 Å². The maximum absolute atomic E-state index is 8.94. The van der Waals surface area contributed by atoms with Gasteiger partial charge in [-0.05, 0) is 6.07 Å². The molecule has 4 heteroatoms. The molecule has 0 N–H and O–H groups in total. The van der Waals surface area contributed by atoms with Crippen LogP contribution in [-0.4, -0.2) is 4.98 Å². The molecule has 0 amide bonds. The fraction of sp³-hybridized carbons (Fsp3) is 0.0909. The summed E-state index contributed by atoms with van der Waals surface area (Å²) in [5, 5.41) is 11.0. The molecule has 1 aromatic carbocycles. The number of nitriles is 1. The molecular formula is C11H6BrClN2. The van der Waals surface area contributed by atoms with Gasteiger partial charge in [0.05, 0.1) is 10.5 Å². The molecule has 0 atom stereocenters. The van der Waals surface area contributed by atoms with Crippen molar-refractivity contribution in [2.45, 2.75) is 5.33 Å². The quantitative estimate of drug-likeness (QED) is 0.748. The second kappa shape index (κ2) is 4.18. The van der Waals surface area contributed by atoms with E-state index in [4.69, 9.17) is 16.9 Å². The molecule has 0 radical (unpaired) electrons. The van der Waals surface area contributed by atoms with Crippen molar-refractivity contribution in [3.05, 3.63) is 40.5 Å². The van der Waals surface area contributed by atoms with Crippen molar-refractivity contribution >= 4 is 38.4 Å². The minimum atomic E-state index is 0.385. The van der Waals surface area contributed by atoms with Crippen molar-refractivity contribution in [3.8, 4) is 6.07 Å². The van der Waals surface area contributed by atoms with E-state index < -0.39 is 0 Å². The van der Waals surface area contributed by atoms with E-state index in [1.165, 1.54) is 0 Å². The van der Waals surface area contributed by atoms with Gasteiger partial charge in [0.25, 0.3) is 0 Å². The average molecular weight is 282 g/mol. The van der Waals surface area contributed by atoms with E-state index in [1.807, 2.05) is 24.3 Å². The van der Waals surface area contributed by atoms with Gasteiger partial charge in [0.2, 0.25) is 0 Å². The van der Waals surface area contributed by atoms with Crippen molar-refractivity contribution in [1.82, 2.24) is 4.98 Å². The van der Waals surface area contributed by atoms with Crippen LogP contribution in [0.5, 0.6) is 0 Å². The summed E-state index contributed by atoms with van der Waals surface area (Å²) in [6.45, 7) is 0. The van der Waals surface area contributed by atoms with Crippen LogP contribution >= 0.6 is 27.5 Å². The summed E-state index contributed by atoms with van der Waals surface area (Å²) in [7, 11) is 0. The Morgan fingerprint density at radius 2 is 2.13 bits per heavy atom. The molecule has 0 saturated carbocycles. The molecule has 2 nitrogen and oxygen atoms in total. The number of alkyl halides is 1. The summed E-state index contributed by atoms with van der Waals surface area (Å²) >= 11 is 9.51. The molecule has 15 heavy (non-hydrogen) atoms. The highest BCUT2D eigenvalue weighted by Gasteiger charge is 2.11. The molecule has 2 aromatic rings. The highest BCUT2D eigenvalue weighted by atomic mass is 79.9. The molecule has 2 rings (SSSR count). The first-order chi connectivity index (χ1) is 7.27. The Morgan fingerprint density at radius 3 is 2.80 bits per heavy atom. The van der Waals surface area contributed by atoms with E-state index in [1.54, 1.807) is 0 Å². The van der Waals surface area contributed by atoms with Gasteiger partial charge >= 0.3 is 0 Å². The van der Waals surface area contributed by atoms with Crippen LogP contribution in [0.25, 0.3) is 10.9 Å². The third-order valence-electron chi connectivity index (χ3n) is 2.16. The summed E-state index contributed by atoms with van der Waals surface area (Å²) in [5.74, 6) is 0. The molecule has 0 aliphatic rings. The van der Waals surface area contributed by atoms with E-state index in [2.05, 4.69) is 27.0 Å². The average Bonchev–Trinajstić information content (AvgIpc) is 2.29. The number of nitrogens with zero attached hydrogens (tertiary/aromatic N) is 2. The monoisotopic (exact) mass is 280 g/mol. The van der Waals surface area contributed by atoms with Crippen LogP contribution < -0.4 is 0 Å². The van der Waals surface area contributed by atoms with Crippen LogP contribution in [-0.2, 0) is 5.33 Å². The Labute approximate surface area is 101 Å². The minimum Gasteiger partial charge on any atom is -0.237 e. The highest BCUT2D eigenvalue weighted by molar-refractivity contribution is 9.08. The highest BCUT2D eigenvalue weighted by Crippen LogP contribution is 2.29. The second-order valence-electron chi connectivity index (χ2n) is 3.02. The van der Waals surface area contributed by atoms with Crippen LogP contribution in [0.4, 0.5) is 0 Å². The topological polar surface area (TPSA) is 36.7 Å². The van der Waals surface area contributed by atoms with Gasteiger partial charge in [-0.1, -0.05) is 45.7 Å². The Balaban J connectivity index is 2.89. The summed E-state index contributed by atoms with van der Waals surface area (Å²) in [4.78, 5) is 4.25. The van der Waals surface area contributed by atoms with E-state index in [9.17, 15) is 0 Å². The molecule has 0 aliphatic carbocycles. The van der Waals surface area contributed by atoms with Crippen LogP contribution in [0.2, 0.25) is 5.02 Å². The number of hydrogen-bond acceptors (Lipinski definition) is 2. The SMILES string of the molecule is N#Cc1nc2ccccc2c(Cl)c1CBr. The van der Waals surface area contributed by atoms with Gasteiger partial charge in [-0.3, -0.25) is 0 Å². The van der Waals surface area contributed by atoms with Crippen molar-refractivity contribution in [2.24, 2.45) is 0 Å². The lowest BCUT2D eigenvalue weighted by Crippen LogP contribution is -1.94. The number of fused-ring (bicyclic) bond motifs is 1. The number of benzene rings is 1. The Bertz CT molecular complexity index is 560. The fourth-order valence-electron chi connectivity index (χ4n) is 1.43. The standard InChI is InChI=1S/C11H6BrClN2/c12-5-8-10(6-14)15-9-4-2-1-3-7(9)11(8)13/h1-4H,5H2. The third kappa shape index (κ3) is 1.71. The lowest BCUT2D eigenvalue weighted by Gasteiger charge is -2.06. The van der Waals surface area contributed by atoms with Gasteiger partial charge in [-0.25, -0.2) is 4.98 Å². The van der Waals surface area contributed by atoms with Crippen LogP contribution in [0, 0.1) is 11.3 Å². The first kappa shape index (κ1) is 10.4. The van der Waals surface area contributed by atoms with Gasteiger partial charge < -0.3 is 0 Å². The van der Waals surface area contributed by atoms with Gasteiger partial charge in [0.15, 0.2) is 0 Å². The Kier molecular flexibility index (Phi) is 2.90. The molecule has 0 unspecified atom stereocenters. The zero-order valence-electron chi connectivity index (χ0n) is 7.67. The van der Waals surface area contributed by atoms with Crippen molar-refractivity contribution in [1.29, 1.82) is 5.26 Å². The van der Waals surface area contributed by atoms with E-state index in [0.717, 1.165) is 16.5 Å². The number of halogens is 2. The van der Waals surface area contributed by atoms with Crippen LogP contribution in [0.1, 0.15) is 11.3 Å². The van der Waals surface area contributed by atoms with E-state index >= 15 is 0 Å². The first-order valence-electron chi connectivity index (χ1n) is 4.31. The Morgan fingerprint density at radius 1 is 1.40 bits per heavy atom. The molecule has 0 saturated heterocycles. The minimum absolute atomic E-state index is 0.385. The van der Waals surface area contributed by atoms with Gasteiger partial charge in [-0.15, -0.1) is 0 Å². The summed E-state index contributed by atoms with van der Waals surface area (Å²) in [5.41, 5.74) is 1.89. The predicted octanol–water partition coefficient (Wildman–Crippen LogP) is 3.65. The van der Waals surface area contributed by atoms with E-state index in [-0.39, 0.29) is 0 Å². The maximum atomic E-state index is 8.94. The molecule has 0 aliphatic heterocycles. The number of aromatic nitrogens is 1. The van der Waals surface area contributed by atoms with Gasteiger partial charge in [0.1, 0.15) is 11.8 Å². The zero-order valence-corrected chi connectivity index (χ0v) is 10.0. The largest absolute Gasteiger partial charge is 0.237 e. The van der Waals surface area contributed by atoms with Crippen molar-refractivity contribution in [3.63, 3.8) is 0 Å². The summed E-state index contributed by atoms with van der Waals surface area (Å²) < 4.78 is 0. The second-order valence-corrected chi connectivity index (χ2v) is 3.95. The predicted molar refractivity (Wildman–Crippen MR) is 64.1 cm³/mol. The van der Waals surface area contributed by atoms with E-state index in [0.29, 0.717) is 16.0 Å². The molecule has 1 heterocycles.